The van der Waals surface area contributed by atoms with Crippen LogP contribution in [-0.4, -0.2) is 57.3 Å². The predicted molar refractivity (Wildman–Crippen MR) is 176 cm³/mol. The maximum Gasteiger partial charge on any atom is 0.293 e. The molecule has 1 aliphatic carbocycles. The number of nitrogens with zero attached hydrogens (tertiary/aromatic N) is 4. The molecule has 1 atom stereocenters. The van der Waals surface area contributed by atoms with Crippen LogP contribution >= 0.6 is 11.3 Å². The van der Waals surface area contributed by atoms with Gasteiger partial charge in [-0.1, -0.05) is 19.1 Å². The second kappa shape index (κ2) is 12.9. The van der Waals surface area contributed by atoms with Gasteiger partial charge in [-0.05, 0) is 86.7 Å². The summed E-state index contributed by atoms with van der Waals surface area (Å²) in [6.07, 6.45) is 5.77. The molecule has 6 rings (SSSR count). The molecule has 3 heterocycles. The zero-order chi connectivity index (χ0) is 31.7. The molecule has 11 heteroatoms. The van der Waals surface area contributed by atoms with Gasteiger partial charge in [-0.15, -0.1) is 11.3 Å². The summed E-state index contributed by atoms with van der Waals surface area (Å²) in [6, 6.07) is 13.4. The number of rotatable bonds is 8. The topological polar surface area (TPSA) is 99.6 Å². The number of piperazine rings is 1. The molecule has 0 spiro atoms. The Labute approximate surface area is 265 Å². The Hall–Kier alpha value is -4.35. The molecule has 1 fully saturated rings. The van der Waals surface area contributed by atoms with Gasteiger partial charge in [0.1, 0.15) is 11.9 Å². The fraction of sp³-hybridized carbons (Fsp3) is 0.353. The third-order valence-electron chi connectivity index (χ3n) is 8.65. The van der Waals surface area contributed by atoms with Gasteiger partial charge >= 0.3 is 0 Å². The van der Waals surface area contributed by atoms with Crippen LogP contribution in [0.25, 0.3) is 11.3 Å². The van der Waals surface area contributed by atoms with Gasteiger partial charge in [-0.3, -0.25) is 19.3 Å². The van der Waals surface area contributed by atoms with Gasteiger partial charge in [-0.25, -0.2) is 9.37 Å². The summed E-state index contributed by atoms with van der Waals surface area (Å²) in [7, 11) is 1.63. The van der Waals surface area contributed by atoms with Gasteiger partial charge in [0, 0.05) is 49.0 Å². The van der Waals surface area contributed by atoms with Crippen LogP contribution < -0.4 is 16.2 Å². The van der Waals surface area contributed by atoms with E-state index in [9.17, 15) is 18.8 Å². The van der Waals surface area contributed by atoms with Gasteiger partial charge in [0.05, 0.1) is 16.3 Å². The van der Waals surface area contributed by atoms with Crippen molar-refractivity contribution in [2.45, 2.75) is 45.6 Å². The average Bonchev–Trinajstić information content (AvgIpc) is 3.49. The number of carbonyl (C=O) groups excluding carboxylic acids is 2. The Balaban J connectivity index is 1.22. The number of fused-ring (bicyclic) bond motifs is 1. The Kier molecular flexibility index (Phi) is 8.82. The summed E-state index contributed by atoms with van der Waals surface area (Å²) < 4.78 is 16.3. The number of carbonyl (C=O) groups is 2. The number of likely N-dealkylation sites (N-methyl/N-ethyl adjacent to an activating group) is 2. The molecule has 234 valence electrons. The highest BCUT2D eigenvalue weighted by Gasteiger charge is 2.34. The minimum absolute atomic E-state index is 0.0460. The molecule has 2 amide bonds. The van der Waals surface area contributed by atoms with E-state index in [-0.39, 0.29) is 34.9 Å². The quantitative estimate of drug-likeness (QED) is 0.258. The highest BCUT2D eigenvalue weighted by Crippen LogP contribution is 2.32. The first-order chi connectivity index (χ1) is 21.7. The molecule has 2 aliphatic rings. The van der Waals surface area contributed by atoms with Crippen molar-refractivity contribution in [2.75, 3.05) is 36.8 Å². The van der Waals surface area contributed by atoms with Crippen LogP contribution in [0.2, 0.25) is 0 Å². The maximum absolute atomic E-state index is 14.9. The summed E-state index contributed by atoms with van der Waals surface area (Å²) in [6.45, 7) is 7.03. The second-order valence-corrected chi connectivity index (χ2v) is 12.6. The number of anilines is 3. The van der Waals surface area contributed by atoms with Crippen molar-refractivity contribution in [3.63, 3.8) is 0 Å². The molecule has 4 aromatic rings. The van der Waals surface area contributed by atoms with Crippen molar-refractivity contribution < 1.29 is 14.0 Å². The number of benzene rings is 2. The first-order valence-electron chi connectivity index (χ1n) is 15.5. The van der Waals surface area contributed by atoms with Crippen molar-refractivity contribution >= 4 is 40.3 Å². The monoisotopic (exact) mass is 628 g/mol. The van der Waals surface area contributed by atoms with E-state index < -0.39 is 5.82 Å². The highest BCUT2D eigenvalue weighted by atomic mass is 32.1. The van der Waals surface area contributed by atoms with Crippen molar-refractivity contribution in [2.24, 2.45) is 7.05 Å². The summed E-state index contributed by atoms with van der Waals surface area (Å²) in [5.74, 6) is -0.706. The molecule has 0 radical (unpaired) electrons. The van der Waals surface area contributed by atoms with E-state index in [1.165, 1.54) is 38.5 Å². The van der Waals surface area contributed by atoms with Crippen LogP contribution in [0.1, 0.15) is 58.4 Å². The molecule has 1 saturated heterocycles. The van der Waals surface area contributed by atoms with Crippen LogP contribution in [0.3, 0.4) is 0 Å². The van der Waals surface area contributed by atoms with Crippen molar-refractivity contribution in [1.29, 1.82) is 0 Å². The third kappa shape index (κ3) is 6.27. The van der Waals surface area contributed by atoms with Gasteiger partial charge in [0.15, 0.2) is 5.82 Å². The number of halogens is 1. The predicted octanol–water partition coefficient (Wildman–Crippen LogP) is 5.75. The highest BCUT2D eigenvalue weighted by molar-refractivity contribution is 7.14. The molecule has 45 heavy (non-hydrogen) atoms. The lowest BCUT2D eigenvalue weighted by Gasteiger charge is -2.40. The summed E-state index contributed by atoms with van der Waals surface area (Å²) in [5.41, 5.74) is 3.44. The zero-order valence-corrected chi connectivity index (χ0v) is 26.5. The van der Waals surface area contributed by atoms with E-state index in [1.54, 1.807) is 19.3 Å². The fourth-order valence-corrected chi connectivity index (χ4v) is 7.25. The number of nitrogens with one attached hydrogen (secondary N) is 2. The maximum atomic E-state index is 14.9. The molecular formula is C34H37FN6O3S. The van der Waals surface area contributed by atoms with Gasteiger partial charge in [0.2, 0.25) is 5.91 Å². The minimum Gasteiger partial charge on any atom is -0.340 e. The summed E-state index contributed by atoms with van der Waals surface area (Å²) >= 11 is 1.47. The van der Waals surface area contributed by atoms with Gasteiger partial charge < -0.3 is 20.1 Å². The Morgan fingerprint density at radius 2 is 1.80 bits per heavy atom. The Bertz CT molecular complexity index is 1780. The van der Waals surface area contributed by atoms with Crippen molar-refractivity contribution in [3.8, 4) is 11.3 Å². The van der Waals surface area contributed by atoms with E-state index in [0.29, 0.717) is 28.4 Å². The molecule has 2 aromatic carbocycles. The van der Waals surface area contributed by atoms with Crippen LogP contribution in [0.15, 0.2) is 59.5 Å². The van der Waals surface area contributed by atoms with Crippen LogP contribution in [0.4, 0.5) is 21.6 Å². The number of amides is 2. The molecular weight excluding hydrogens is 591 g/mol. The number of hydrogen-bond donors (Lipinski definition) is 2. The standard InChI is InChI=1S/C34H37FN6O3S/c1-4-40-16-17-41(5-2)33(43)30(40)21-10-13-24(14-11-21)36-31-34(44)39(3)20-27(37-31)22-12-15-25(35)26(18-22)38-32(42)29-19-23-8-6-7-9-28(23)45-29/h10-15,18-20,30H,4-9,16-17H2,1-3H3,(H,36,37)(H,38,42). The number of hydrogen-bond acceptors (Lipinski definition) is 7. The lowest BCUT2D eigenvalue weighted by atomic mass is 9.99. The first kappa shape index (κ1) is 30.7. The van der Waals surface area contributed by atoms with E-state index >= 15 is 0 Å². The molecule has 0 bridgehead atoms. The number of aromatic nitrogens is 2. The Morgan fingerprint density at radius 3 is 2.53 bits per heavy atom. The van der Waals surface area contributed by atoms with E-state index in [4.69, 9.17) is 0 Å². The lowest BCUT2D eigenvalue weighted by Crippen LogP contribution is -2.51. The summed E-state index contributed by atoms with van der Waals surface area (Å²) in [5, 5.41) is 5.85. The van der Waals surface area contributed by atoms with E-state index in [2.05, 4.69) is 27.4 Å². The van der Waals surface area contributed by atoms with Crippen LogP contribution in [0, 0.1) is 5.82 Å². The minimum atomic E-state index is -0.558. The number of thiophene rings is 1. The van der Waals surface area contributed by atoms with Crippen molar-refractivity contribution in [1.82, 2.24) is 19.4 Å². The molecule has 2 N–H and O–H groups in total. The smallest absolute Gasteiger partial charge is 0.293 e. The molecule has 1 unspecified atom stereocenters. The molecule has 2 aromatic heterocycles. The lowest BCUT2D eigenvalue weighted by molar-refractivity contribution is -0.141. The summed E-state index contributed by atoms with van der Waals surface area (Å²) in [4.78, 5) is 49.6. The first-order valence-corrected chi connectivity index (χ1v) is 16.3. The average molecular weight is 629 g/mol. The van der Waals surface area contributed by atoms with E-state index in [0.717, 1.165) is 50.9 Å². The molecule has 1 aliphatic heterocycles. The molecule has 9 nitrogen and oxygen atoms in total. The number of aryl methyl sites for hydroxylation is 3. The second-order valence-electron chi connectivity index (χ2n) is 11.5. The van der Waals surface area contributed by atoms with Crippen LogP contribution in [-0.2, 0) is 24.7 Å². The fourth-order valence-electron chi connectivity index (χ4n) is 6.10. The van der Waals surface area contributed by atoms with Gasteiger partial charge in [0.25, 0.3) is 11.5 Å². The van der Waals surface area contributed by atoms with E-state index in [1.807, 2.05) is 42.2 Å². The third-order valence-corrected chi connectivity index (χ3v) is 9.88. The normalized spacial score (nSPS) is 16.8. The van der Waals surface area contributed by atoms with Gasteiger partial charge in [-0.2, -0.15) is 0 Å². The zero-order valence-electron chi connectivity index (χ0n) is 25.7. The Morgan fingerprint density at radius 1 is 1.02 bits per heavy atom. The molecule has 0 saturated carbocycles. The van der Waals surface area contributed by atoms with Crippen LogP contribution in [0.5, 0.6) is 0 Å². The largest absolute Gasteiger partial charge is 0.340 e. The SMILES string of the molecule is CCN1CCN(CC)C(c2ccc(Nc3nc(-c4ccc(F)c(NC(=O)c5cc6c(s5)CCCC6)c4)cn(C)c3=O)cc2)C1=O. The van der Waals surface area contributed by atoms with Crippen molar-refractivity contribution in [3.05, 3.63) is 91.8 Å².